The Kier molecular flexibility index (Phi) is 4.66. The Hall–Kier alpha value is -2.37. The average molecular weight is 373 g/mol. The standard InChI is InChI=1S/C20H18ClFN2O2/c21-14-5-6-18-16(10-14)13(11-23-18)9-20(25)24-7-8-26-19(12-24)15-3-1-2-4-17(15)22/h1-6,10-11,19,23H,7-9,12H2. The molecule has 1 atom stereocenters. The van der Waals surface area contributed by atoms with Gasteiger partial charge < -0.3 is 14.6 Å². The third-order valence-corrected chi connectivity index (χ3v) is 4.98. The van der Waals surface area contributed by atoms with E-state index in [1.54, 1.807) is 23.1 Å². The highest BCUT2D eigenvalue weighted by Gasteiger charge is 2.27. The molecule has 4 rings (SSSR count). The molecule has 1 saturated heterocycles. The molecule has 1 N–H and O–H groups in total. The maximum absolute atomic E-state index is 14.0. The molecule has 1 amide bonds. The Morgan fingerprint density at radius 3 is 3.00 bits per heavy atom. The number of carbonyl (C=O) groups is 1. The minimum absolute atomic E-state index is 0.00415. The fraction of sp³-hybridized carbons (Fsp3) is 0.250. The smallest absolute Gasteiger partial charge is 0.227 e. The number of benzene rings is 2. The summed E-state index contributed by atoms with van der Waals surface area (Å²) in [5.74, 6) is -0.311. The molecular weight excluding hydrogens is 355 g/mol. The van der Waals surface area contributed by atoms with Crippen molar-refractivity contribution >= 4 is 28.4 Å². The highest BCUT2D eigenvalue weighted by atomic mass is 35.5. The van der Waals surface area contributed by atoms with Gasteiger partial charge >= 0.3 is 0 Å². The van der Waals surface area contributed by atoms with Crippen LogP contribution in [-0.2, 0) is 16.0 Å². The maximum atomic E-state index is 14.0. The Morgan fingerprint density at radius 1 is 1.31 bits per heavy atom. The molecule has 0 spiro atoms. The molecule has 134 valence electrons. The second kappa shape index (κ2) is 7.09. The molecule has 0 aliphatic carbocycles. The van der Waals surface area contributed by atoms with Crippen molar-refractivity contribution in [1.82, 2.24) is 9.88 Å². The number of morpholine rings is 1. The van der Waals surface area contributed by atoms with E-state index < -0.39 is 6.10 Å². The zero-order valence-corrected chi connectivity index (χ0v) is 14.8. The van der Waals surface area contributed by atoms with Gasteiger partial charge in [-0.25, -0.2) is 4.39 Å². The molecule has 0 radical (unpaired) electrons. The first-order valence-corrected chi connectivity index (χ1v) is 8.89. The Balaban J connectivity index is 1.51. The van der Waals surface area contributed by atoms with E-state index >= 15 is 0 Å². The van der Waals surface area contributed by atoms with Crippen LogP contribution in [0.4, 0.5) is 4.39 Å². The lowest BCUT2D eigenvalue weighted by molar-refractivity contribution is -0.138. The largest absolute Gasteiger partial charge is 0.370 e. The van der Waals surface area contributed by atoms with Crippen molar-refractivity contribution in [3.63, 3.8) is 0 Å². The molecule has 1 fully saturated rings. The van der Waals surface area contributed by atoms with Crippen LogP contribution in [0, 0.1) is 5.82 Å². The number of halogens is 2. The van der Waals surface area contributed by atoms with Crippen LogP contribution < -0.4 is 0 Å². The topological polar surface area (TPSA) is 45.3 Å². The van der Waals surface area contributed by atoms with E-state index in [9.17, 15) is 9.18 Å². The average Bonchev–Trinajstić information content (AvgIpc) is 3.04. The molecule has 0 bridgehead atoms. The van der Waals surface area contributed by atoms with Crippen LogP contribution in [0.2, 0.25) is 5.02 Å². The van der Waals surface area contributed by atoms with Crippen LogP contribution >= 0.6 is 11.6 Å². The third kappa shape index (κ3) is 3.32. The molecule has 4 nitrogen and oxygen atoms in total. The first-order chi connectivity index (χ1) is 12.6. The molecule has 0 saturated carbocycles. The first kappa shape index (κ1) is 17.1. The van der Waals surface area contributed by atoms with E-state index in [1.807, 2.05) is 24.4 Å². The van der Waals surface area contributed by atoms with E-state index in [0.717, 1.165) is 16.5 Å². The molecule has 2 heterocycles. The van der Waals surface area contributed by atoms with Crippen molar-refractivity contribution in [3.05, 3.63) is 70.6 Å². The number of amides is 1. The summed E-state index contributed by atoms with van der Waals surface area (Å²) < 4.78 is 19.7. The Morgan fingerprint density at radius 2 is 2.15 bits per heavy atom. The van der Waals surface area contributed by atoms with Crippen molar-refractivity contribution in [2.24, 2.45) is 0 Å². The van der Waals surface area contributed by atoms with Gasteiger partial charge in [-0.15, -0.1) is 0 Å². The van der Waals surface area contributed by atoms with Gasteiger partial charge in [-0.05, 0) is 29.8 Å². The van der Waals surface area contributed by atoms with Crippen LogP contribution in [0.5, 0.6) is 0 Å². The summed E-state index contributed by atoms with van der Waals surface area (Å²) in [5.41, 5.74) is 2.34. The number of hydrogen-bond acceptors (Lipinski definition) is 2. The van der Waals surface area contributed by atoms with Crippen LogP contribution in [0.3, 0.4) is 0 Å². The fourth-order valence-electron chi connectivity index (χ4n) is 3.37. The van der Waals surface area contributed by atoms with Gasteiger partial charge in [0.05, 0.1) is 19.6 Å². The van der Waals surface area contributed by atoms with Gasteiger partial charge in [-0.1, -0.05) is 29.8 Å². The van der Waals surface area contributed by atoms with Crippen molar-refractivity contribution < 1.29 is 13.9 Å². The molecule has 26 heavy (non-hydrogen) atoms. The highest BCUT2D eigenvalue weighted by Crippen LogP contribution is 2.26. The summed E-state index contributed by atoms with van der Waals surface area (Å²) in [5, 5.41) is 1.58. The van der Waals surface area contributed by atoms with E-state index in [4.69, 9.17) is 16.3 Å². The number of ether oxygens (including phenoxy) is 1. The van der Waals surface area contributed by atoms with Gasteiger partial charge in [0.15, 0.2) is 0 Å². The normalized spacial score (nSPS) is 17.6. The van der Waals surface area contributed by atoms with E-state index in [-0.39, 0.29) is 18.1 Å². The second-order valence-corrected chi connectivity index (χ2v) is 6.84. The number of aromatic amines is 1. The van der Waals surface area contributed by atoms with E-state index in [1.165, 1.54) is 6.07 Å². The van der Waals surface area contributed by atoms with E-state index in [2.05, 4.69) is 4.98 Å². The molecule has 3 aromatic rings. The van der Waals surface area contributed by atoms with Crippen molar-refractivity contribution in [1.29, 1.82) is 0 Å². The zero-order valence-electron chi connectivity index (χ0n) is 14.0. The third-order valence-electron chi connectivity index (χ3n) is 4.74. The number of carbonyl (C=O) groups excluding carboxylic acids is 1. The summed E-state index contributed by atoms with van der Waals surface area (Å²) in [4.78, 5) is 17.7. The summed E-state index contributed by atoms with van der Waals surface area (Å²) in [7, 11) is 0. The quantitative estimate of drug-likeness (QED) is 0.752. The molecule has 1 aliphatic heterocycles. The first-order valence-electron chi connectivity index (χ1n) is 8.51. The summed E-state index contributed by atoms with van der Waals surface area (Å²) >= 11 is 6.07. The number of nitrogens with zero attached hydrogens (tertiary/aromatic N) is 1. The monoisotopic (exact) mass is 372 g/mol. The van der Waals surface area contributed by atoms with Crippen molar-refractivity contribution in [2.75, 3.05) is 19.7 Å². The molecule has 1 unspecified atom stereocenters. The summed E-state index contributed by atoms with van der Waals surface area (Å²) in [6.07, 6.45) is 1.67. The van der Waals surface area contributed by atoms with E-state index in [0.29, 0.717) is 30.3 Å². The fourth-order valence-corrected chi connectivity index (χ4v) is 3.54. The lowest BCUT2D eigenvalue weighted by Gasteiger charge is -2.33. The molecule has 1 aliphatic rings. The lowest BCUT2D eigenvalue weighted by atomic mass is 10.1. The molecule has 2 aromatic carbocycles. The number of nitrogens with one attached hydrogen (secondary N) is 1. The minimum atomic E-state index is -0.439. The molecule has 1 aromatic heterocycles. The Labute approximate surface area is 155 Å². The SMILES string of the molecule is O=C(Cc1c[nH]c2ccc(Cl)cc12)N1CCOC(c2ccccc2F)C1. The number of rotatable bonds is 3. The predicted octanol–water partition coefficient (Wildman–Crippen LogP) is 4.10. The van der Waals surface area contributed by atoms with Gasteiger partial charge in [0, 0.05) is 34.2 Å². The lowest BCUT2D eigenvalue weighted by Crippen LogP contribution is -2.43. The number of aromatic nitrogens is 1. The van der Waals surface area contributed by atoms with Crippen LogP contribution in [-0.4, -0.2) is 35.5 Å². The summed E-state index contributed by atoms with van der Waals surface area (Å²) in [6, 6.07) is 12.1. The predicted molar refractivity (Wildman–Crippen MR) is 98.7 cm³/mol. The van der Waals surface area contributed by atoms with Gasteiger partial charge in [-0.2, -0.15) is 0 Å². The van der Waals surface area contributed by atoms with Gasteiger partial charge in [-0.3, -0.25) is 4.79 Å². The van der Waals surface area contributed by atoms with Gasteiger partial charge in [0.25, 0.3) is 0 Å². The molecule has 6 heteroatoms. The summed E-state index contributed by atoms with van der Waals surface area (Å²) in [6.45, 7) is 1.25. The zero-order chi connectivity index (χ0) is 18.1. The van der Waals surface area contributed by atoms with Crippen molar-refractivity contribution in [3.8, 4) is 0 Å². The van der Waals surface area contributed by atoms with Gasteiger partial charge in [0.1, 0.15) is 11.9 Å². The molecular formula is C20H18ClFN2O2. The van der Waals surface area contributed by atoms with Crippen molar-refractivity contribution in [2.45, 2.75) is 12.5 Å². The van der Waals surface area contributed by atoms with Crippen LogP contribution in [0.15, 0.2) is 48.7 Å². The van der Waals surface area contributed by atoms with Crippen LogP contribution in [0.1, 0.15) is 17.2 Å². The Bertz CT molecular complexity index is 956. The number of hydrogen-bond donors (Lipinski definition) is 1. The highest BCUT2D eigenvalue weighted by molar-refractivity contribution is 6.31. The second-order valence-electron chi connectivity index (χ2n) is 6.40. The number of fused-ring (bicyclic) bond motifs is 1. The maximum Gasteiger partial charge on any atom is 0.227 e. The van der Waals surface area contributed by atoms with Crippen LogP contribution in [0.25, 0.3) is 10.9 Å². The minimum Gasteiger partial charge on any atom is -0.370 e. The number of H-pyrrole nitrogens is 1. The van der Waals surface area contributed by atoms with Gasteiger partial charge in [0.2, 0.25) is 5.91 Å².